The van der Waals surface area contributed by atoms with Crippen LogP contribution in [-0.4, -0.2) is 65.8 Å². The fraction of sp³-hybridized carbons (Fsp3) is 0.419. The van der Waals surface area contributed by atoms with Gasteiger partial charge in [-0.2, -0.15) is 27.7 Å². The molecule has 0 amide bonds. The zero-order valence-corrected chi connectivity index (χ0v) is 26.9. The average Bonchev–Trinajstić information content (AvgIpc) is 3.75. The van der Waals surface area contributed by atoms with E-state index in [9.17, 15) is 35.9 Å². The number of halogens is 4. The summed E-state index contributed by atoms with van der Waals surface area (Å²) in [7, 11) is -2.61. The van der Waals surface area contributed by atoms with Crippen LogP contribution in [0.1, 0.15) is 65.0 Å². The number of aryl methyl sites for hydroxylation is 1. The predicted molar refractivity (Wildman–Crippen MR) is 163 cm³/mol. The number of alkyl halides is 3. The van der Waals surface area contributed by atoms with E-state index in [4.69, 9.17) is 0 Å². The highest BCUT2D eigenvalue weighted by Gasteiger charge is 2.56. The molecule has 47 heavy (non-hydrogen) atoms. The van der Waals surface area contributed by atoms with Crippen LogP contribution >= 0.6 is 11.3 Å². The van der Waals surface area contributed by atoms with Crippen molar-refractivity contribution in [3.05, 3.63) is 81.5 Å². The maximum Gasteiger partial charge on any atom is 0.427 e. The summed E-state index contributed by atoms with van der Waals surface area (Å²) < 4.78 is 87.2. The minimum absolute atomic E-state index is 0.0233. The van der Waals surface area contributed by atoms with E-state index >= 15 is 0 Å². The van der Waals surface area contributed by atoms with Crippen molar-refractivity contribution in [1.29, 1.82) is 0 Å². The monoisotopic (exact) mass is 690 g/mol. The zero-order valence-electron chi connectivity index (χ0n) is 25.3. The smallest absolute Gasteiger partial charge is 0.390 e. The van der Waals surface area contributed by atoms with Crippen LogP contribution in [0.25, 0.3) is 11.8 Å². The van der Waals surface area contributed by atoms with Crippen LogP contribution in [0.15, 0.2) is 59.5 Å². The fourth-order valence-electron chi connectivity index (χ4n) is 7.27. The van der Waals surface area contributed by atoms with E-state index in [0.717, 1.165) is 0 Å². The van der Waals surface area contributed by atoms with E-state index < -0.39 is 55.8 Å². The summed E-state index contributed by atoms with van der Waals surface area (Å²) in [6.07, 6.45) is 1.79. The maximum absolute atomic E-state index is 14.5. The third-order valence-electron chi connectivity index (χ3n) is 9.42. The molecule has 0 aliphatic heterocycles. The molecule has 0 spiro atoms. The van der Waals surface area contributed by atoms with Crippen molar-refractivity contribution in [2.24, 2.45) is 12.5 Å². The number of Topliss-reactive ketones (excluding diaryl/α,β-unsaturated/α-hetero) is 1. The van der Waals surface area contributed by atoms with E-state index in [0.29, 0.717) is 35.1 Å². The largest absolute Gasteiger partial charge is 0.427 e. The van der Waals surface area contributed by atoms with Crippen LogP contribution < -0.4 is 0 Å². The van der Waals surface area contributed by atoms with Gasteiger partial charge in [0.25, 0.3) is 10.0 Å². The number of hydrogen-bond donors (Lipinski definition) is 1. The van der Waals surface area contributed by atoms with Crippen LogP contribution in [0.5, 0.6) is 0 Å². The molecule has 0 saturated heterocycles. The molecule has 2 atom stereocenters. The molecule has 3 aliphatic carbocycles. The first-order chi connectivity index (χ1) is 22.1. The van der Waals surface area contributed by atoms with Crippen LogP contribution in [0.4, 0.5) is 17.6 Å². The summed E-state index contributed by atoms with van der Waals surface area (Å²) in [5.74, 6) is -1.04. The SMILES string of the molecule is Cn1ccc(S(=O)(=O)N(C2CC(C)(O)C2)[C@H]2CCC3=Cc4c(cnn4-c4ccc(F)cc4)C[C@]3(C(=O)c3ncc(C(F)(F)F)s3)C2)n1. The van der Waals surface area contributed by atoms with E-state index in [-0.39, 0.29) is 53.5 Å². The minimum atomic E-state index is -4.69. The van der Waals surface area contributed by atoms with E-state index in [1.54, 1.807) is 43.1 Å². The van der Waals surface area contributed by atoms with Crippen molar-refractivity contribution in [3.63, 3.8) is 0 Å². The minimum Gasteiger partial charge on any atom is -0.390 e. The van der Waals surface area contributed by atoms with Gasteiger partial charge in [-0.05, 0) is 87.4 Å². The van der Waals surface area contributed by atoms with Gasteiger partial charge >= 0.3 is 6.18 Å². The molecular formula is C31H30F4N6O4S2. The molecule has 3 aliphatic rings. The van der Waals surface area contributed by atoms with Crippen molar-refractivity contribution < 1.29 is 35.9 Å². The lowest BCUT2D eigenvalue weighted by Crippen LogP contribution is -2.60. The van der Waals surface area contributed by atoms with E-state index in [1.807, 2.05) is 0 Å². The number of ketones is 1. The van der Waals surface area contributed by atoms with Crippen LogP contribution in [-0.2, 0) is 29.7 Å². The first-order valence-corrected chi connectivity index (χ1v) is 17.2. The Kier molecular flexibility index (Phi) is 7.39. The number of sulfonamides is 1. The molecule has 4 aromatic rings. The average molecular weight is 691 g/mol. The molecule has 1 aromatic carbocycles. The topological polar surface area (TPSA) is 123 Å². The molecule has 7 rings (SSSR count). The highest BCUT2D eigenvalue weighted by molar-refractivity contribution is 7.89. The number of carbonyl (C=O) groups is 1. The lowest BCUT2D eigenvalue weighted by molar-refractivity contribution is -0.134. The van der Waals surface area contributed by atoms with Crippen LogP contribution in [0.2, 0.25) is 0 Å². The second kappa shape index (κ2) is 10.9. The Morgan fingerprint density at radius 2 is 1.83 bits per heavy atom. The first kappa shape index (κ1) is 31.8. The first-order valence-electron chi connectivity index (χ1n) is 14.9. The zero-order chi connectivity index (χ0) is 33.5. The highest BCUT2D eigenvalue weighted by atomic mass is 32.2. The number of carbonyl (C=O) groups excluding carboxylic acids is 1. The molecule has 3 aromatic heterocycles. The van der Waals surface area contributed by atoms with Gasteiger partial charge in [-0.1, -0.05) is 5.57 Å². The third-order valence-corrected chi connectivity index (χ3v) is 12.4. The van der Waals surface area contributed by atoms with Crippen molar-refractivity contribution in [3.8, 4) is 5.69 Å². The van der Waals surface area contributed by atoms with E-state index in [1.165, 1.54) is 33.4 Å². The van der Waals surface area contributed by atoms with Crippen LogP contribution in [0.3, 0.4) is 0 Å². The maximum atomic E-state index is 14.5. The molecular weight excluding hydrogens is 661 g/mol. The van der Waals surface area contributed by atoms with Gasteiger partial charge in [0, 0.05) is 25.3 Å². The number of rotatable bonds is 7. The molecule has 3 heterocycles. The quantitative estimate of drug-likeness (QED) is 0.209. The second-order valence-corrected chi connectivity index (χ2v) is 15.7. The summed E-state index contributed by atoms with van der Waals surface area (Å²) in [5, 5.41) is 18.7. The Morgan fingerprint density at radius 3 is 2.45 bits per heavy atom. The molecule has 0 bridgehead atoms. The molecule has 2 saturated carbocycles. The molecule has 1 N–H and O–H groups in total. The summed E-state index contributed by atoms with van der Waals surface area (Å²) in [5.41, 5.74) is 0.00430. The standard InChI is InChI=1S/C31H30F4N6O4S2/c1-29(43)13-23(14-29)41(47(44,45)26-9-10-39(2)38-26)22-6-3-19-11-24-18(16-37-40(24)21-7-4-20(32)5-8-21)12-30(19,15-22)27(42)28-36-17-25(46-28)31(33,34)35/h4-5,7-11,16-17,22-23,43H,3,6,12-15H2,1-2H3/t22-,23?,29?,30-/m0/s1. The summed E-state index contributed by atoms with van der Waals surface area (Å²) in [4.78, 5) is 17.4. The molecule has 16 heteroatoms. The Labute approximate surface area is 271 Å². The Bertz CT molecular complexity index is 2010. The summed E-state index contributed by atoms with van der Waals surface area (Å²) in [6.45, 7) is 1.63. The fourth-order valence-corrected chi connectivity index (χ4v) is 9.89. The van der Waals surface area contributed by atoms with Gasteiger partial charge in [-0.15, -0.1) is 11.3 Å². The Morgan fingerprint density at radius 1 is 1.11 bits per heavy atom. The summed E-state index contributed by atoms with van der Waals surface area (Å²) in [6, 6.07) is 5.80. The molecule has 0 unspecified atom stereocenters. The molecule has 0 radical (unpaired) electrons. The van der Waals surface area contributed by atoms with Gasteiger partial charge in [0.15, 0.2) is 10.0 Å². The van der Waals surface area contributed by atoms with Gasteiger partial charge in [0.1, 0.15) is 10.7 Å². The second-order valence-electron chi connectivity index (χ2n) is 12.8. The van der Waals surface area contributed by atoms with Crippen molar-refractivity contribution in [2.45, 2.75) is 74.3 Å². The van der Waals surface area contributed by atoms with Gasteiger partial charge in [-0.3, -0.25) is 9.48 Å². The Balaban J connectivity index is 1.33. The number of thiazole rings is 1. The number of aromatic nitrogens is 5. The van der Waals surface area contributed by atoms with E-state index in [2.05, 4.69) is 15.2 Å². The van der Waals surface area contributed by atoms with Gasteiger partial charge in [0.05, 0.1) is 34.8 Å². The predicted octanol–water partition coefficient (Wildman–Crippen LogP) is 5.19. The Hall–Kier alpha value is -3.73. The lowest BCUT2D eigenvalue weighted by atomic mass is 9.60. The number of benzene rings is 1. The summed E-state index contributed by atoms with van der Waals surface area (Å²) >= 11 is 0.266. The number of allylic oxidation sites excluding steroid dienone is 1. The van der Waals surface area contributed by atoms with Crippen molar-refractivity contribution in [1.82, 2.24) is 28.9 Å². The number of aliphatic hydroxyl groups is 1. The van der Waals surface area contributed by atoms with Crippen molar-refractivity contribution in [2.75, 3.05) is 0 Å². The number of nitrogens with zero attached hydrogens (tertiary/aromatic N) is 6. The lowest BCUT2D eigenvalue weighted by Gasteiger charge is -2.52. The van der Waals surface area contributed by atoms with Gasteiger partial charge in [0.2, 0.25) is 5.78 Å². The van der Waals surface area contributed by atoms with Crippen molar-refractivity contribution >= 4 is 33.2 Å². The highest BCUT2D eigenvalue weighted by Crippen LogP contribution is 2.53. The number of fused-ring (bicyclic) bond motifs is 2. The van der Waals surface area contributed by atoms with Gasteiger partial charge < -0.3 is 5.11 Å². The molecule has 2 fully saturated rings. The molecule has 10 nitrogen and oxygen atoms in total. The normalized spacial score (nSPS) is 26.0. The van der Waals surface area contributed by atoms with Gasteiger partial charge in [-0.25, -0.2) is 22.5 Å². The third kappa shape index (κ3) is 5.44. The number of hydrogen-bond acceptors (Lipinski definition) is 8. The van der Waals surface area contributed by atoms with Crippen LogP contribution in [0, 0.1) is 11.2 Å². The molecule has 248 valence electrons.